The Bertz CT molecular complexity index is 1050. The fourth-order valence-corrected chi connectivity index (χ4v) is 3.10. The SMILES string of the molecule is Oc1ccc(CCc2ccc3oc(-c4nn[nH]n4)cc3c2F)cc1Br. The van der Waals surface area contributed by atoms with E-state index in [0.717, 1.165) is 5.56 Å². The number of aryl methyl sites for hydroxylation is 2. The highest BCUT2D eigenvalue weighted by Crippen LogP contribution is 2.30. The van der Waals surface area contributed by atoms with Crippen LogP contribution < -0.4 is 0 Å². The largest absolute Gasteiger partial charge is 0.507 e. The minimum absolute atomic E-state index is 0.184. The number of aromatic amines is 1. The molecule has 0 aliphatic heterocycles. The van der Waals surface area contributed by atoms with Crippen molar-refractivity contribution in [2.24, 2.45) is 0 Å². The van der Waals surface area contributed by atoms with Gasteiger partial charge < -0.3 is 9.52 Å². The molecule has 2 N–H and O–H groups in total. The first kappa shape index (κ1) is 15.8. The van der Waals surface area contributed by atoms with Crippen LogP contribution in [0.2, 0.25) is 0 Å². The van der Waals surface area contributed by atoms with E-state index in [9.17, 15) is 9.50 Å². The fourth-order valence-electron chi connectivity index (χ4n) is 2.68. The molecule has 2 aromatic heterocycles. The van der Waals surface area contributed by atoms with Gasteiger partial charge in [-0.15, -0.1) is 10.2 Å². The lowest BCUT2D eigenvalue weighted by Crippen LogP contribution is -1.95. The van der Waals surface area contributed by atoms with Crippen molar-refractivity contribution in [1.29, 1.82) is 0 Å². The van der Waals surface area contributed by atoms with Crippen LogP contribution in [0.25, 0.3) is 22.6 Å². The lowest BCUT2D eigenvalue weighted by Gasteiger charge is -2.06. The van der Waals surface area contributed by atoms with E-state index in [4.69, 9.17) is 4.42 Å². The zero-order valence-corrected chi connectivity index (χ0v) is 14.4. The minimum Gasteiger partial charge on any atom is -0.507 e. The van der Waals surface area contributed by atoms with Crippen LogP contribution in [0.1, 0.15) is 11.1 Å². The third-order valence-corrected chi connectivity index (χ3v) is 4.61. The van der Waals surface area contributed by atoms with Crippen LogP contribution in [0.4, 0.5) is 4.39 Å². The molecule has 0 unspecified atom stereocenters. The molecule has 0 bridgehead atoms. The second-order valence-electron chi connectivity index (χ2n) is 5.58. The zero-order chi connectivity index (χ0) is 17.4. The summed E-state index contributed by atoms with van der Waals surface area (Å²) in [6.07, 6.45) is 1.18. The third-order valence-electron chi connectivity index (χ3n) is 3.98. The number of halogens is 2. The smallest absolute Gasteiger partial charge is 0.239 e. The van der Waals surface area contributed by atoms with E-state index in [1.54, 1.807) is 24.3 Å². The summed E-state index contributed by atoms with van der Waals surface area (Å²) >= 11 is 3.28. The number of H-pyrrole nitrogens is 1. The van der Waals surface area contributed by atoms with Gasteiger partial charge in [0.25, 0.3) is 0 Å². The highest BCUT2D eigenvalue weighted by atomic mass is 79.9. The van der Waals surface area contributed by atoms with E-state index in [0.29, 0.717) is 39.6 Å². The van der Waals surface area contributed by atoms with Gasteiger partial charge in [0, 0.05) is 0 Å². The quantitative estimate of drug-likeness (QED) is 0.538. The van der Waals surface area contributed by atoms with Gasteiger partial charge in [-0.3, -0.25) is 0 Å². The van der Waals surface area contributed by atoms with Gasteiger partial charge in [0.2, 0.25) is 5.82 Å². The lowest BCUT2D eigenvalue weighted by molar-refractivity contribution is 0.471. The van der Waals surface area contributed by atoms with Gasteiger partial charge in [-0.1, -0.05) is 12.1 Å². The number of aromatic nitrogens is 4. The standard InChI is InChI=1S/C17H12BrFN4O2/c18-12-7-9(2-5-13(12)24)1-3-10-4-6-14-11(16(10)19)8-15(25-14)17-20-22-23-21-17/h2,4-8,24H,1,3H2,(H,20,21,22,23). The molecule has 0 aliphatic rings. The van der Waals surface area contributed by atoms with Gasteiger partial charge in [-0.05, 0) is 69.4 Å². The van der Waals surface area contributed by atoms with Crippen molar-refractivity contribution in [3.63, 3.8) is 0 Å². The number of tetrazole rings is 1. The molecule has 0 spiro atoms. The van der Waals surface area contributed by atoms with E-state index in [2.05, 4.69) is 36.6 Å². The predicted molar refractivity (Wildman–Crippen MR) is 92.6 cm³/mol. The molecule has 0 fully saturated rings. The molecular weight excluding hydrogens is 391 g/mol. The van der Waals surface area contributed by atoms with Gasteiger partial charge >= 0.3 is 0 Å². The summed E-state index contributed by atoms with van der Waals surface area (Å²) < 4.78 is 21.0. The molecule has 0 atom stereocenters. The normalized spacial score (nSPS) is 11.3. The number of phenols is 1. The second-order valence-corrected chi connectivity index (χ2v) is 6.44. The summed E-state index contributed by atoms with van der Waals surface area (Å²) in [4.78, 5) is 0. The Labute approximate surface area is 149 Å². The van der Waals surface area contributed by atoms with E-state index in [1.807, 2.05) is 12.1 Å². The van der Waals surface area contributed by atoms with E-state index >= 15 is 0 Å². The Morgan fingerprint density at radius 1 is 1.16 bits per heavy atom. The Kier molecular flexibility index (Phi) is 3.96. The fraction of sp³-hybridized carbons (Fsp3) is 0.118. The van der Waals surface area contributed by atoms with Crippen LogP contribution in [0.5, 0.6) is 5.75 Å². The first-order chi connectivity index (χ1) is 12.1. The van der Waals surface area contributed by atoms with Gasteiger partial charge in [-0.25, -0.2) is 4.39 Å². The molecular formula is C17H12BrFN4O2. The molecule has 4 rings (SSSR count). The topological polar surface area (TPSA) is 87.8 Å². The number of benzene rings is 2. The number of fused-ring (bicyclic) bond motifs is 1. The number of hydrogen-bond acceptors (Lipinski definition) is 5. The summed E-state index contributed by atoms with van der Waals surface area (Å²) in [6.45, 7) is 0. The molecule has 0 aliphatic carbocycles. The van der Waals surface area contributed by atoms with Crippen molar-refractivity contribution in [1.82, 2.24) is 20.6 Å². The van der Waals surface area contributed by atoms with Crippen LogP contribution >= 0.6 is 15.9 Å². The van der Waals surface area contributed by atoms with E-state index < -0.39 is 0 Å². The van der Waals surface area contributed by atoms with E-state index in [-0.39, 0.29) is 17.4 Å². The maximum Gasteiger partial charge on any atom is 0.239 e. The maximum atomic E-state index is 14.8. The Hall–Kier alpha value is -2.74. The molecule has 126 valence electrons. The molecule has 6 nitrogen and oxygen atoms in total. The third kappa shape index (κ3) is 3.00. The van der Waals surface area contributed by atoms with Gasteiger partial charge in [-0.2, -0.15) is 5.21 Å². The molecule has 2 heterocycles. The van der Waals surface area contributed by atoms with Crippen LogP contribution in [0, 0.1) is 5.82 Å². The first-order valence-electron chi connectivity index (χ1n) is 7.54. The van der Waals surface area contributed by atoms with Crippen LogP contribution in [0.15, 0.2) is 45.3 Å². The minimum atomic E-state index is -0.311. The van der Waals surface area contributed by atoms with Crippen molar-refractivity contribution in [2.45, 2.75) is 12.8 Å². The molecule has 0 saturated heterocycles. The monoisotopic (exact) mass is 402 g/mol. The summed E-state index contributed by atoms with van der Waals surface area (Å²) in [5.41, 5.74) is 2.04. The molecule has 25 heavy (non-hydrogen) atoms. The average Bonchev–Trinajstić information content (AvgIpc) is 3.26. The molecule has 4 aromatic rings. The number of nitrogens with one attached hydrogen (secondary N) is 1. The summed E-state index contributed by atoms with van der Waals surface area (Å²) in [7, 11) is 0. The average molecular weight is 403 g/mol. The number of hydrogen-bond donors (Lipinski definition) is 2. The molecule has 2 aromatic carbocycles. The molecule has 0 radical (unpaired) electrons. The first-order valence-corrected chi connectivity index (χ1v) is 8.33. The van der Waals surface area contributed by atoms with Crippen molar-refractivity contribution >= 4 is 26.9 Å². The van der Waals surface area contributed by atoms with Crippen molar-refractivity contribution < 1.29 is 13.9 Å². The van der Waals surface area contributed by atoms with E-state index in [1.165, 1.54) is 0 Å². The molecule has 0 amide bonds. The van der Waals surface area contributed by atoms with Crippen LogP contribution in [-0.2, 0) is 12.8 Å². The van der Waals surface area contributed by atoms with Gasteiger partial charge in [0.1, 0.15) is 17.1 Å². The Morgan fingerprint density at radius 3 is 2.80 bits per heavy atom. The summed E-state index contributed by atoms with van der Waals surface area (Å²) in [5.74, 6) is 0.519. The van der Waals surface area contributed by atoms with Gasteiger partial charge in [0.05, 0.1) is 9.86 Å². The number of rotatable bonds is 4. The summed E-state index contributed by atoms with van der Waals surface area (Å²) in [6, 6.07) is 10.3. The van der Waals surface area contributed by atoms with Crippen molar-refractivity contribution in [3.05, 3.63) is 57.8 Å². The zero-order valence-electron chi connectivity index (χ0n) is 12.8. The maximum absolute atomic E-state index is 14.8. The summed E-state index contributed by atoms with van der Waals surface area (Å²) in [5, 5.41) is 23.4. The van der Waals surface area contributed by atoms with Crippen molar-refractivity contribution in [2.75, 3.05) is 0 Å². The molecule has 0 saturated carbocycles. The van der Waals surface area contributed by atoms with Crippen LogP contribution in [-0.4, -0.2) is 25.7 Å². The van der Waals surface area contributed by atoms with Gasteiger partial charge in [0.15, 0.2) is 5.76 Å². The molecule has 8 heteroatoms. The second kappa shape index (κ2) is 6.29. The number of aromatic hydroxyl groups is 1. The number of phenolic OH excluding ortho intramolecular Hbond substituents is 1. The number of furan rings is 1. The number of nitrogens with zero attached hydrogens (tertiary/aromatic N) is 3. The Morgan fingerprint density at radius 2 is 2.04 bits per heavy atom. The van der Waals surface area contributed by atoms with Crippen LogP contribution in [0.3, 0.4) is 0 Å². The lowest BCUT2D eigenvalue weighted by atomic mass is 10.0. The predicted octanol–water partition coefficient (Wildman–Crippen LogP) is 4.01. The Balaban J connectivity index is 1.61. The highest BCUT2D eigenvalue weighted by Gasteiger charge is 2.15. The van der Waals surface area contributed by atoms with Crippen molar-refractivity contribution in [3.8, 4) is 17.3 Å². The highest BCUT2D eigenvalue weighted by molar-refractivity contribution is 9.10.